The maximum Gasteiger partial charge on any atom is 1.00 e. The van der Waals surface area contributed by atoms with Gasteiger partial charge in [0, 0.05) is 0 Å². The summed E-state index contributed by atoms with van der Waals surface area (Å²) in [5.74, 6) is -0.760. The topological polar surface area (TPSA) is 49.3 Å². The number of nitrogens with one attached hydrogen (secondary N) is 1. The van der Waals surface area contributed by atoms with Gasteiger partial charge in [0.15, 0.2) is 0 Å². The summed E-state index contributed by atoms with van der Waals surface area (Å²) in [6.45, 7) is 4.78. The number of hydrogen-bond acceptors (Lipinski definition) is 2. The Morgan fingerprint density at radius 2 is 1.29 bits per heavy atom. The number of aliphatic carboxylic acids is 1. The first-order chi connectivity index (χ1) is 9.68. The number of carbonyl (C=O) groups is 1. The molecule has 0 saturated heterocycles. The van der Waals surface area contributed by atoms with Gasteiger partial charge in [0.2, 0.25) is 0 Å². The van der Waals surface area contributed by atoms with E-state index in [-0.39, 0.29) is 31.0 Å². The number of hydrogen-bond donors (Lipinski definition) is 2. The largest absolute Gasteiger partial charge is 1.00 e. The summed E-state index contributed by atoms with van der Waals surface area (Å²) in [7, 11) is 0. The first kappa shape index (κ1) is 23.7. The van der Waals surface area contributed by atoms with Crippen molar-refractivity contribution < 1.29 is 40.9 Å². The Kier molecular flexibility index (Phi) is 20.8. The molecule has 0 radical (unpaired) electrons. The van der Waals surface area contributed by atoms with Crippen molar-refractivity contribution in [2.75, 3.05) is 6.54 Å². The van der Waals surface area contributed by atoms with Gasteiger partial charge < -0.3 is 11.8 Å². The van der Waals surface area contributed by atoms with Crippen LogP contribution in [0.3, 0.4) is 0 Å². The van der Waals surface area contributed by atoms with Crippen LogP contribution in [0, 0.1) is 0 Å². The van der Waals surface area contributed by atoms with E-state index in [0.29, 0.717) is 0 Å². The second-order valence-electron chi connectivity index (χ2n) is 5.90. The Hall–Kier alpha value is 0.430. The van der Waals surface area contributed by atoms with Crippen LogP contribution >= 0.6 is 0 Å². The molecule has 0 saturated carbocycles. The molecule has 0 aliphatic heterocycles. The molecular formula is C17H36NNaO2. The zero-order chi connectivity index (χ0) is 15.1. The number of carboxylic acids is 1. The van der Waals surface area contributed by atoms with Crippen molar-refractivity contribution >= 4 is 5.97 Å². The van der Waals surface area contributed by atoms with E-state index in [1.807, 2.05) is 0 Å². The Labute approximate surface area is 155 Å². The zero-order valence-corrected chi connectivity index (χ0v) is 16.6. The van der Waals surface area contributed by atoms with Gasteiger partial charge in [0.1, 0.15) is 6.04 Å². The Bertz CT molecular complexity index is 231. The molecule has 0 aromatic rings. The molecule has 1 unspecified atom stereocenters. The standard InChI is InChI=1S/C17H35NO2.Na.H/c1-3-4-5-6-7-8-9-10-11-12-13-14-15-18-16(2)17(19)20;;/h16,18H,3-15H2,1-2H3,(H,19,20);;/q;+1;-1. The van der Waals surface area contributed by atoms with E-state index in [1.54, 1.807) is 6.92 Å². The average molecular weight is 309 g/mol. The van der Waals surface area contributed by atoms with Gasteiger partial charge in [0.25, 0.3) is 0 Å². The molecule has 0 amide bonds. The SMILES string of the molecule is CCCCCCCCCCCCCCNC(C)C(=O)O.[H-].[Na+]. The average Bonchev–Trinajstić information content (AvgIpc) is 2.43. The van der Waals surface area contributed by atoms with Gasteiger partial charge in [0.05, 0.1) is 0 Å². The maximum atomic E-state index is 10.6. The smallest absolute Gasteiger partial charge is 1.00 e. The molecule has 0 aliphatic carbocycles. The molecule has 21 heavy (non-hydrogen) atoms. The van der Waals surface area contributed by atoms with Crippen molar-refractivity contribution in [2.24, 2.45) is 0 Å². The molecule has 0 aliphatic rings. The Morgan fingerprint density at radius 3 is 1.67 bits per heavy atom. The van der Waals surface area contributed by atoms with Crippen molar-refractivity contribution in [3.05, 3.63) is 0 Å². The summed E-state index contributed by atoms with van der Waals surface area (Å²) in [6, 6.07) is -0.414. The van der Waals surface area contributed by atoms with Gasteiger partial charge >= 0.3 is 35.5 Å². The van der Waals surface area contributed by atoms with Crippen molar-refractivity contribution in [1.29, 1.82) is 0 Å². The Morgan fingerprint density at radius 1 is 0.905 bits per heavy atom. The summed E-state index contributed by atoms with van der Waals surface area (Å²) in [5.41, 5.74) is 0. The van der Waals surface area contributed by atoms with Gasteiger partial charge in [-0.25, -0.2) is 0 Å². The van der Waals surface area contributed by atoms with Crippen LogP contribution in [0.5, 0.6) is 0 Å². The third-order valence-corrected chi connectivity index (χ3v) is 3.85. The summed E-state index contributed by atoms with van der Waals surface area (Å²) in [6.07, 6.45) is 16.1. The van der Waals surface area contributed by atoms with Crippen LogP contribution in [0.1, 0.15) is 92.3 Å². The number of unbranched alkanes of at least 4 members (excludes halogenated alkanes) is 11. The summed E-state index contributed by atoms with van der Waals surface area (Å²) in [5, 5.41) is 11.7. The molecule has 0 spiro atoms. The van der Waals surface area contributed by atoms with Crippen LogP contribution < -0.4 is 34.9 Å². The minimum absolute atomic E-state index is 0. The minimum atomic E-state index is -0.760. The summed E-state index contributed by atoms with van der Waals surface area (Å²) >= 11 is 0. The van der Waals surface area contributed by atoms with E-state index in [4.69, 9.17) is 5.11 Å². The second-order valence-corrected chi connectivity index (χ2v) is 5.90. The fraction of sp³-hybridized carbons (Fsp3) is 0.941. The quantitative estimate of drug-likeness (QED) is 0.359. The first-order valence-electron chi connectivity index (χ1n) is 8.64. The third-order valence-electron chi connectivity index (χ3n) is 3.85. The van der Waals surface area contributed by atoms with Gasteiger partial charge in [-0.3, -0.25) is 4.79 Å². The van der Waals surface area contributed by atoms with Crippen molar-refractivity contribution in [2.45, 2.75) is 96.9 Å². The van der Waals surface area contributed by atoms with E-state index in [1.165, 1.54) is 70.6 Å². The molecule has 3 nitrogen and oxygen atoms in total. The maximum absolute atomic E-state index is 10.6. The first-order valence-corrected chi connectivity index (χ1v) is 8.64. The van der Waals surface area contributed by atoms with Crippen molar-refractivity contribution in [1.82, 2.24) is 5.32 Å². The summed E-state index contributed by atoms with van der Waals surface area (Å²) in [4.78, 5) is 10.6. The zero-order valence-electron chi connectivity index (χ0n) is 15.6. The predicted molar refractivity (Wildman–Crippen MR) is 87.3 cm³/mol. The van der Waals surface area contributed by atoms with Gasteiger partial charge in [-0.05, 0) is 19.9 Å². The normalized spacial score (nSPS) is 11.9. The van der Waals surface area contributed by atoms with Crippen LogP contribution in [0.25, 0.3) is 0 Å². The minimum Gasteiger partial charge on any atom is -1.00 e. The van der Waals surface area contributed by atoms with Crippen LogP contribution in [-0.2, 0) is 4.79 Å². The van der Waals surface area contributed by atoms with Gasteiger partial charge in [-0.1, -0.05) is 77.6 Å². The molecule has 0 rings (SSSR count). The van der Waals surface area contributed by atoms with E-state index in [2.05, 4.69) is 12.2 Å². The molecule has 0 aromatic heterocycles. The third kappa shape index (κ3) is 18.4. The molecule has 1 atom stereocenters. The van der Waals surface area contributed by atoms with Gasteiger partial charge in [-0.15, -0.1) is 0 Å². The molecule has 2 N–H and O–H groups in total. The monoisotopic (exact) mass is 309 g/mol. The second kappa shape index (κ2) is 18.5. The molecular weight excluding hydrogens is 273 g/mol. The van der Waals surface area contributed by atoms with Crippen molar-refractivity contribution in [3.63, 3.8) is 0 Å². The van der Waals surface area contributed by atoms with Crippen LogP contribution in [-0.4, -0.2) is 23.7 Å². The number of carboxylic acid groups (broad SMARTS) is 1. The Balaban J connectivity index is -0.00000180. The molecule has 0 heterocycles. The van der Waals surface area contributed by atoms with E-state index < -0.39 is 12.0 Å². The van der Waals surface area contributed by atoms with E-state index >= 15 is 0 Å². The van der Waals surface area contributed by atoms with Crippen LogP contribution in [0.4, 0.5) is 0 Å². The van der Waals surface area contributed by atoms with E-state index in [9.17, 15) is 4.79 Å². The molecule has 0 bridgehead atoms. The fourth-order valence-electron chi connectivity index (χ4n) is 2.37. The fourth-order valence-corrected chi connectivity index (χ4v) is 2.37. The predicted octanol–water partition coefficient (Wildman–Crippen LogP) is 1.87. The van der Waals surface area contributed by atoms with Gasteiger partial charge in [-0.2, -0.15) is 0 Å². The van der Waals surface area contributed by atoms with Crippen LogP contribution in [0.15, 0.2) is 0 Å². The number of rotatable bonds is 15. The van der Waals surface area contributed by atoms with Crippen molar-refractivity contribution in [3.8, 4) is 0 Å². The van der Waals surface area contributed by atoms with E-state index in [0.717, 1.165) is 13.0 Å². The molecule has 0 aromatic carbocycles. The molecule has 4 heteroatoms. The summed E-state index contributed by atoms with van der Waals surface area (Å²) < 4.78 is 0. The molecule has 0 fully saturated rings. The molecule has 122 valence electrons. The van der Waals surface area contributed by atoms with Crippen LogP contribution in [0.2, 0.25) is 0 Å².